The summed E-state index contributed by atoms with van der Waals surface area (Å²) in [5, 5.41) is 0. The van der Waals surface area contributed by atoms with E-state index in [1.807, 2.05) is 13.0 Å². The molecule has 0 radical (unpaired) electrons. The van der Waals surface area contributed by atoms with Crippen LogP contribution in [0.2, 0.25) is 0 Å². The zero-order valence-electron chi connectivity index (χ0n) is 11.3. The molecule has 0 saturated heterocycles. The number of para-hydroxylation sites is 1. The number of rotatable bonds is 4. The lowest BCUT2D eigenvalue weighted by molar-refractivity contribution is 0.476. The smallest absolute Gasteiger partial charge is 0.123 e. The minimum absolute atomic E-state index is 0.553. The van der Waals surface area contributed by atoms with Gasteiger partial charge in [-0.3, -0.25) is 0 Å². The molecule has 0 bridgehead atoms. The Balaban J connectivity index is 1.84. The molecule has 19 heavy (non-hydrogen) atoms. The van der Waals surface area contributed by atoms with Crippen LogP contribution >= 0.6 is 0 Å². The van der Waals surface area contributed by atoms with Gasteiger partial charge in [0.2, 0.25) is 0 Å². The summed E-state index contributed by atoms with van der Waals surface area (Å²) in [6.45, 7) is 4.60. The number of nitrogens with two attached hydrogens (primary N) is 1. The van der Waals surface area contributed by atoms with E-state index in [9.17, 15) is 0 Å². The SMILES string of the molecule is Cc1ccc(CN2CC(CCN)c3ccccc32)o1. The van der Waals surface area contributed by atoms with Crippen LogP contribution in [0.4, 0.5) is 5.69 Å². The molecule has 3 heteroatoms. The lowest BCUT2D eigenvalue weighted by Crippen LogP contribution is -2.21. The average Bonchev–Trinajstić information content (AvgIpc) is 2.97. The molecule has 2 heterocycles. The van der Waals surface area contributed by atoms with Gasteiger partial charge in [0.15, 0.2) is 0 Å². The maximum Gasteiger partial charge on any atom is 0.123 e. The van der Waals surface area contributed by atoms with Gasteiger partial charge in [-0.1, -0.05) is 18.2 Å². The lowest BCUT2D eigenvalue weighted by Gasteiger charge is -2.18. The van der Waals surface area contributed by atoms with E-state index < -0.39 is 0 Å². The van der Waals surface area contributed by atoms with Crippen molar-refractivity contribution in [2.24, 2.45) is 5.73 Å². The average molecular weight is 256 g/mol. The highest BCUT2D eigenvalue weighted by Gasteiger charge is 2.27. The van der Waals surface area contributed by atoms with E-state index in [2.05, 4.69) is 35.2 Å². The fourth-order valence-corrected chi connectivity index (χ4v) is 2.94. The minimum atomic E-state index is 0.553. The van der Waals surface area contributed by atoms with Crippen molar-refractivity contribution in [1.29, 1.82) is 0 Å². The second-order valence-electron chi connectivity index (χ2n) is 5.23. The maximum absolute atomic E-state index is 5.73. The molecule has 1 aromatic carbocycles. The summed E-state index contributed by atoms with van der Waals surface area (Å²) in [6.07, 6.45) is 1.05. The van der Waals surface area contributed by atoms with Crippen LogP contribution in [0.1, 0.15) is 29.4 Å². The molecule has 1 aliphatic heterocycles. The number of hydrogen-bond donors (Lipinski definition) is 1. The fraction of sp³-hybridized carbons (Fsp3) is 0.375. The van der Waals surface area contributed by atoms with Gasteiger partial charge in [-0.25, -0.2) is 0 Å². The van der Waals surface area contributed by atoms with Crippen LogP contribution in [0, 0.1) is 6.92 Å². The number of fused-ring (bicyclic) bond motifs is 1. The summed E-state index contributed by atoms with van der Waals surface area (Å²) < 4.78 is 5.69. The van der Waals surface area contributed by atoms with E-state index in [-0.39, 0.29) is 0 Å². The Morgan fingerprint density at radius 3 is 2.84 bits per heavy atom. The molecule has 100 valence electrons. The molecule has 3 nitrogen and oxygen atoms in total. The van der Waals surface area contributed by atoms with Crippen molar-refractivity contribution >= 4 is 5.69 Å². The van der Waals surface area contributed by atoms with Gasteiger partial charge in [-0.05, 0) is 43.7 Å². The van der Waals surface area contributed by atoms with Crippen molar-refractivity contribution in [3.05, 3.63) is 53.5 Å². The zero-order valence-corrected chi connectivity index (χ0v) is 11.3. The largest absolute Gasteiger partial charge is 0.464 e. The van der Waals surface area contributed by atoms with E-state index >= 15 is 0 Å². The molecule has 1 aliphatic rings. The Morgan fingerprint density at radius 2 is 2.11 bits per heavy atom. The molecule has 0 fully saturated rings. The van der Waals surface area contributed by atoms with Gasteiger partial charge in [0.25, 0.3) is 0 Å². The standard InChI is InChI=1S/C16H20N2O/c1-12-6-7-14(19-12)11-18-10-13(8-9-17)15-4-2-3-5-16(15)18/h2-7,13H,8-11,17H2,1H3. The first-order chi connectivity index (χ1) is 9.28. The Kier molecular flexibility index (Phi) is 3.30. The Morgan fingerprint density at radius 1 is 1.26 bits per heavy atom. The Hall–Kier alpha value is -1.74. The zero-order chi connectivity index (χ0) is 13.2. The van der Waals surface area contributed by atoms with Crippen LogP contribution in [0.15, 0.2) is 40.8 Å². The van der Waals surface area contributed by atoms with Crippen LogP contribution in [0.3, 0.4) is 0 Å². The van der Waals surface area contributed by atoms with Crippen molar-refractivity contribution in [1.82, 2.24) is 0 Å². The second-order valence-corrected chi connectivity index (χ2v) is 5.23. The third-order valence-corrected chi connectivity index (χ3v) is 3.82. The van der Waals surface area contributed by atoms with Gasteiger partial charge < -0.3 is 15.1 Å². The minimum Gasteiger partial charge on any atom is -0.464 e. The molecule has 1 aromatic heterocycles. The third kappa shape index (κ3) is 2.38. The molecular formula is C16H20N2O. The topological polar surface area (TPSA) is 42.4 Å². The first-order valence-corrected chi connectivity index (χ1v) is 6.87. The van der Waals surface area contributed by atoms with Crippen molar-refractivity contribution in [3.8, 4) is 0 Å². The normalized spacial score (nSPS) is 17.8. The molecule has 0 aliphatic carbocycles. The van der Waals surface area contributed by atoms with Gasteiger partial charge in [-0.15, -0.1) is 0 Å². The molecule has 1 unspecified atom stereocenters. The van der Waals surface area contributed by atoms with Gasteiger partial charge in [-0.2, -0.15) is 0 Å². The highest BCUT2D eigenvalue weighted by molar-refractivity contribution is 5.60. The summed E-state index contributed by atoms with van der Waals surface area (Å²) in [5.74, 6) is 2.55. The van der Waals surface area contributed by atoms with Crippen molar-refractivity contribution in [2.45, 2.75) is 25.8 Å². The summed E-state index contributed by atoms with van der Waals surface area (Å²) in [4.78, 5) is 2.40. The highest BCUT2D eigenvalue weighted by atomic mass is 16.3. The van der Waals surface area contributed by atoms with E-state index in [1.54, 1.807) is 0 Å². The van der Waals surface area contributed by atoms with Crippen LogP contribution in [-0.2, 0) is 6.54 Å². The van der Waals surface area contributed by atoms with Gasteiger partial charge >= 0.3 is 0 Å². The van der Waals surface area contributed by atoms with Crippen LogP contribution in [0.5, 0.6) is 0 Å². The molecule has 1 atom stereocenters. The molecule has 0 amide bonds. The number of aryl methyl sites for hydroxylation is 1. The quantitative estimate of drug-likeness (QED) is 0.914. The highest BCUT2D eigenvalue weighted by Crippen LogP contribution is 2.38. The molecule has 2 N–H and O–H groups in total. The first-order valence-electron chi connectivity index (χ1n) is 6.87. The van der Waals surface area contributed by atoms with Crippen LogP contribution in [0.25, 0.3) is 0 Å². The Bertz CT molecular complexity index is 561. The maximum atomic E-state index is 5.73. The second kappa shape index (κ2) is 5.10. The summed E-state index contributed by atoms with van der Waals surface area (Å²) in [5.41, 5.74) is 8.49. The van der Waals surface area contributed by atoms with E-state index in [4.69, 9.17) is 10.2 Å². The predicted molar refractivity (Wildman–Crippen MR) is 77.3 cm³/mol. The number of nitrogens with zero attached hydrogens (tertiary/aromatic N) is 1. The number of benzene rings is 1. The van der Waals surface area contributed by atoms with E-state index in [1.165, 1.54) is 11.3 Å². The van der Waals surface area contributed by atoms with Crippen molar-refractivity contribution in [3.63, 3.8) is 0 Å². The van der Waals surface area contributed by atoms with E-state index in [0.29, 0.717) is 5.92 Å². The van der Waals surface area contributed by atoms with Crippen LogP contribution < -0.4 is 10.6 Å². The predicted octanol–water partition coefficient (Wildman–Crippen LogP) is 3.04. The van der Waals surface area contributed by atoms with E-state index in [0.717, 1.165) is 37.6 Å². The lowest BCUT2D eigenvalue weighted by atomic mass is 9.98. The third-order valence-electron chi connectivity index (χ3n) is 3.82. The van der Waals surface area contributed by atoms with Gasteiger partial charge in [0, 0.05) is 18.2 Å². The fourth-order valence-electron chi connectivity index (χ4n) is 2.94. The van der Waals surface area contributed by atoms with Crippen molar-refractivity contribution < 1.29 is 4.42 Å². The first kappa shape index (κ1) is 12.3. The van der Waals surface area contributed by atoms with Gasteiger partial charge in [0.05, 0.1) is 6.54 Å². The molecule has 0 saturated carbocycles. The number of anilines is 1. The van der Waals surface area contributed by atoms with Crippen LogP contribution in [-0.4, -0.2) is 13.1 Å². The number of hydrogen-bond acceptors (Lipinski definition) is 3. The van der Waals surface area contributed by atoms with Crippen molar-refractivity contribution in [2.75, 3.05) is 18.0 Å². The molecule has 2 aromatic rings. The summed E-state index contributed by atoms with van der Waals surface area (Å²) >= 11 is 0. The summed E-state index contributed by atoms with van der Waals surface area (Å²) in [7, 11) is 0. The van der Waals surface area contributed by atoms with Gasteiger partial charge in [0.1, 0.15) is 11.5 Å². The molecule has 3 rings (SSSR count). The summed E-state index contributed by atoms with van der Waals surface area (Å²) in [6, 6.07) is 12.7. The number of furan rings is 1. The Labute approximate surface area is 114 Å². The molecule has 0 spiro atoms. The molecular weight excluding hydrogens is 236 g/mol. The monoisotopic (exact) mass is 256 g/mol.